The molecule has 2 fully saturated rings. The van der Waals surface area contributed by atoms with Crippen LogP contribution in [-0.2, 0) is 14.5 Å². The van der Waals surface area contributed by atoms with Crippen molar-refractivity contribution in [3.8, 4) is 0 Å². The summed E-state index contributed by atoms with van der Waals surface area (Å²) in [5.74, 6) is -0.962. The lowest BCUT2D eigenvalue weighted by Gasteiger charge is -2.19. The molecule has 0 saturated carbocycles. The zero-order valence-corrected chi connectivity index (χ0v) is 7.05. The molecule has 0 aliphatic carbocycles. The molecule has 0 aromatic rings. The molecule has 2 aliphatic rings. The highest BCUT2D eigenvalue weighted by Gasteiger charge is 2.48. The highest BCUT2D eigenvalue weighted by molar-refractivity contribution is 4.77. The number of rotatable bonds is 0. The van der Waals surface area contributed by atoms with Crippen LogP contribution in [0.15, 0.2) is 0 Å². The summed E-state index contributed by atoms with van der Waals surface area (Å²) >= 11 is 0. The van der Waals surface area contributed by atoms with Gasteiger partial charge in [0.15, 0.2) is 0 Å². The van der Waals surface area contributed by atoms with Crippen LogP contribution in [0.5, 0.6) is 0 Å². The van der Waals surface area contributed by atoms with Gasteiger partial charge in [-0.05, 0) is 26.7 Å². The summed E-state index contributed by atoms with van der Waals surface area (Å²) in [6, 6.07) is 0. The molecule has 3 nitrogen and oxygen atoms in total. The van der Waals surface area contributed by atoms with Gasteiger partial charge in [-0.1, -0.05) is 0 Å². The van der Waals surface area contributed by atoms with E-state index in [9.17, 15) is 0 Å². The van der Waals surface area contributed by atoms with Crippen LogP contribution in [-0.4, -0.2) is 11.6 Å². The predicted molar refractivity (Wildman–Crippen MR) is 38.5 cm³/mol. The minimum atomic E-state index is -0.481. The van der Waals surface area contributed by atoms with Crippen molar-refractivity contribution in [1.29, 1.82) is 0 Å². The molecule has 0 aromatic heterocycles. The highest BCUT2D eigenvalue weighted by Crippen LogP contribution is 2.41. The van der Waals surface area contributed by atoms with Gasteiger partial charge in [-0.2, -0.15) is 9.78 Å². The standard InChI is InChI=1S/C8H14O3/c1-7-5-3-4-6-8(2,9-7)11-10-7/h3-6H2,1-2H3. The molecule has 0 N–H and O–H groups in total. The molecule has 2 heterocycles. The summed E-state index contributed by atoms with van der Waals surface area (Å²) in [5.41, 5.74) is 0. The lowest BCUT2D eigenvalue weighted by molar-refractivity contribution is -0.349. The van der Waals surface area contributed by atoms with E-state index in [0.717, 1.165) is 25.7 Å². The van der Waals surface area contributed by atoms with E-state index >= 15 is 0 Å². The number of ether oxygens (including phenoxy) is 1. The van der Waals surface area contributed by atoms with Crippen molar-refractivity contribution in [2.75, 3.05) is 0 Å². The molecule has 0 aromatic carbocycles. The van der Waals surface area contributed by atoms with Crippen LogP contribution in [0.3, 0.4) is 0 Å². The Morgan fingerprint density at radius 2 is 1.36 bits per heavy atom. The predicted octanol–water partition coefficient (Wildman–Crippen LogP) is 1.97. The molecule has 2 aliphatic heterocycles. The van der Waals surface area contributed by atoms with Gasteiger partial charge >= 0.3 is 0 Å². The van der Waals surface area contributed by atoms with Gasteiger partial charge in [0.25, 0.3) is 0 Å². The first-order chi connectivity index (χ1) is 5.12. The van der Waals surface area contributed by atoms with E-state index in [1.165, 1.54) is 0 Å². The molecule has 0 radical (unpaired) electrons. The molecule has 2 unspecified atom stereocenters. The summed E-state index contributed by atoms with van der Waals surface area (Å²) in [5, 5.41) is 0. The molecule has 64 valence electrons. The number of fused-ring (bicyclic) bond motifs is 2. The van der Waals surface area contributed by atoms with E-state index in [2.05, 4.69) is 0 Å². The van der Waals surface area contributed by atoms with Gasteiger partial charge in [0.1, 0.15) is 0 Å². The first kappa shape index (κ1) is 7.53. The molecule has 3 heteroatoms. The van der Waals surface area contributed by atoms with E-state index in [4.69, 9.17) is 14.5 Å². The molecule has 0 spiro atoms. The van der Waals surface area contributed by atoms with Crippen LogP contribution in [0.4, 0.5) is 0 Å². The lowest BCUT2D eigenvalue weighted by Crippen LogP contribution is -2.29. The van der Waals surface area contributed by atoms with Crippen LogP contribution in [0.2, 0.25) is 0 Å². The molecule has 2 atom stereocenters. The largest absolute Gasteiger partial charge is 0.313 e. The van der Waals surface area contributed by atoms with E-state index in [-0.39, 0.29) is 0 Å². The van der Waals surface area contributed by atoms with Crippen molar-refractivity contribution in [2.24, 2.45) is 0 Å². The summed E-state index contributed by atoms with van der Waals surface area (Å²) in [6.07, 6.45) is 4.19. The Labute approximate surface area is 66.6 Å². The van der Waals surface area contributed by atoms with Crippen LogP contribution in [0.1, 0.15) is 39.5 Å². The Morgan fingerprint density at radius 3 is 1.82 bits per heavy atom. The molecule has 11 heavy (non-hydrogen) atoms. The fourth-order valence-electron chi connectivity index (χ4n) is 1.74. The van der Waals surface area contributed by atoms with Crippen molar-refractivity contribution >= 4 is 0 Å². The molecular formula is C8H14O3. The summed E-state index contributed by atoms with van der Waals surface area (Å²) in [7, 11) is 0. The van der Waals surface area contributed by atoms with E-state index in [0.29, 0.717) is 0 Å². The topological polar surface area (TPSA) is 27.7 Å². The van der Waals surface area contributed by atoms with Crippen molar-refractivity contribution < 1.29 is 14.5 Å². The van der Waals surface area contributed by atoms with Crippen molar-refractivity contribution in [2.45, 2.75) is 51.1 Å². The molecule has 0 amide bonds. The summed E-state index contributed by atoms with van der Waals surface area (Å²) in [6.45, 7) is 3.87. The first-order valence-electron chi connectivity index (χ1n) is 4.19. The van der Waals surface area contributed by atoms with E-state index in [1.807, 2.05) is 13.8 Å². The van der Waals surface area contributed by atoms with Gasteiger partial charge in [-0.15, -0.1) is 0 Å². The third-order valence-corrected chi connectivity index (χ3v) is 2.34. The van der Waals surface area contributed by atoms with Crippen molar-refractivity contribution in [1.82, 2.24) is 0 Å². The summed E-state index contributed by atoms with van der Waals surface area (Å²) < 4.78 is 5.65. The second kappa shape index (κ2) is 2.19. The smallest absolute Gasteiger partial charge is 0.202 e. The number of hydrogen-bond acceptors (Lipinski definition) is 3. The third kappa shape index (κ3) is 1.28. The van der Waals surface area contributed by atoms with Crippen molar-refractivity contribution in [3.05, 3.63) is 0 Å². The fourth-order valence-corrected chi connectivity index (χ4v) is 1.74. The van der Waals surface area contributed by atoms with Crippen molar-refractivity contribution in [3.63, 3.8) is 0 Å². The zero-order valence-electron chi connectivity index (χ0n) is 7.05. The Hall–Kier alpha value is -0.120. The molecule has 2 bridgehead atoms. The highest BCUT2D eigenvalue weighted by atomic mass is 17.3. The maximum absolute atomic E-state index is 5.65. The van der Waals surface area contributed by atoms with Gasteiger partial charge in [0, 0.05) is 12.8 Å². The monoisotopic (exact) mass is 158 g/mol. The lowest BCUT2D eigenvalue weighted by atomic mass is 10.1. The Morgan fingerprint density at radius 1 is 0.909 bits per heavy atom. The van der Waals surface area contributed by atoms with Crippen LogP contribution in [0, 0.1) is 0 Å². The second-order valence-corrected chi connectivity index (χ2v) is 3.74. The molecular weight excluding hydrogens is 144 g/mol. The van der Waals surface area contributed by atoms with Crippen LogP contribution in [0.25, 0.3) is 0 Å². The third-order valence-electron chi connectivity index (χ3n) is 2.34. The summed E-state index contributed by atoms with van der Waals surface area (Å²) in [4.78, 5) is 10.3. The average Bonchev–Trinajstić information content (AvgIpc) is 2.11. The molecule has 2 rings (SSSR count). The van der Waals surface area contributed by atoms with Crippen LogP contribution >= 0.6 is 0 Å². The van der Waals surface area contributed by atoms with Gasteiger partial charge in [-0.3, -0.25) is 0 Å². The average molecular weight is 158 g/mol. The van der Waals surface area contributed by atoms with E-state index < -0.39 is 11.6 Å². The van der Waals surface area contributed by atoms with E-state index in [1.54, 1.807) is 0 Å². The maximum Gasteiger partial charge on any atom is 0.202 e. The Balaban J connectivity index is 2.18. The van der Waals surface area contributed by atoms with Gasteiger partial charge in [0.05, 0.1) is 0 Å². The van der Waals surface area contributed by atoms with Gasteiger partial charge in [0.2, 0.25) is 11.6 Å². The molecule has 2 saturated heterocycles. The fraction of sp³-hybridized carbons (Fsp3) is 1.00. The van der Waals surface area contributed by atoms with Gasteiger partial charge < -0.3 is 4.74 Å². The minimum absolute atomic E-state index is 0.481. The second-order valence-electron chi connectivity index (χ2n) is 3.74. The maximum atomic E-state index is 5.65. The quantitative estimate of drug-likeness (QED) is 0.504. The Bertz CT molecular complexity index is 145. The van der Waals surface area contributed by atoms with Crippen LogP contribution < -0.4 is 0 Å². The normalized spacial score (nSPS) is 50.7. The minimum Gasteiger partial charge on any atom is -0.313 e. The van der Waals surface area contributed by atoms with Gasteiger partial charge in [-0.25, -0.2) is 0 Å². The zero-order chi connectivity index (χ0) is 7.95. The Kier molecular flexibility index (Phi) is 1.50. The SMILES string of the molecule is CC12CCCCC(C)(OO1)O2. The number of hydrogen-bond donors (Lipinski definition) is 0. The first-order valence-corrected chi connectivity index (χ1v) is 4.19.